The van der Waals surface area contributed by atoms with E-state index in [0.717, 1.165) is 5.01 Å². The monoisotopic (exact) mass is 760 g/mol. The van der Waals surface area contributed by atoms with Crippen LogP contribution in [0.4, 0.5) is 0 Å². The van der Waals surface area contributed by atoms with Gasteiger partial charge in [0, 0.05) is 23.5 Å². The highest BCUT2D eigenvalue weighted by Gasteiger charge is 2.46. The second kappa shape index (κ2) is 10.7. The number of halogens is 5. The van der Waals surface area contributed by atoms with Gasteiger partial charge in [-0.1, -0.05) is 35.9 Å². The van der Waals surface area contributed by atoms with Gasteiger partial charge in [-0.3, -0.25) is 19.2 Å². The van der Waals surface area contributed by atoms with Crippen molar-refractivity contribution >= 4 is 98.8 Å². The van der Waals surface area contributed by atoms with Crippen molar-refractivity contribution in [3.8, 4) is 5.75 Å². The highest BCUT2D eigenvalue weighted by Crippen LogP contribution is 2.45. The fourth-order valence-electron chi connectivity index (χ4n) is 3.59. The van der Waals surface area contributed by atoms with E-state index < -0.39 is 30.0 Å². The van der Waals surface area contributed by atoms with Crippen LogP contribution in [-0.2, 0) is 0 Å². The number of carbonyl (C=O) groups excluding carboxylic acids is 4. The van der Waals surface area contributed by atoms with E-state index in [1.165, 1.54) is 25.3 Å². The number of methoxy groups -OCH3 is 1. The molecule has 3 aromatic carbocycles. The van der Waals surface area contributed by atoms with E-state index >= 15 is 0 Å². The molecule has 0 saturated carbocycles. The van der Waals surface area contributed by atoms with Crippen molar-refractivity contribution < 1.29 is 23.9 Å². The topological polar surface area (TPSA) is 84.0 Å². The third-order valence-electron chi connectivity index (χ3n) is 5.34. The number of ether oxygens (including phenoxy) is 1. The minimum atomic E-state index is -0.795. The van der Waals surface area contributed by atoms with Crippen LogP contribution in [0.3, 0.4) is 0 Å². The Morgan fingerprint density at radius 3 is 2.03 bits per heavy atom. The molecule has 0 aliphatic carbocycles. The van der Waals surface area contributed by atoms with E-state index in [1.54, 1.807) is 30.3 Å². The number of fused-ring (bicyclic) bond motifs is 1. The fourth-order valence-corrected chi connectivity index (χ4v) is 6.26. The lowest BCUT2D eigenvalue weighted by Gasteiger charge is -2.29. The number of carbonyl (C=O) groups is 4. The van der Waals surface area contributed by atoms with Gasteiger partial charge in [0.25, 0.3) is 17.7 Å². The Morgan fingerprint density at radius 2 is 1.47 bits per heavy atom. The molecule has 1 heterocycles. The molecule has 0 bridgehead atoms. The number of ketones is 1. The van der Waals surface area contributed by atoms with Crippen LogP contribution in [0.2, 0.25) is 5.02 Å². The molecule has 0 N–H and O–H groups in total. The average Bonchev–Trinajstić information content (AvgIpc) is 3.14. The van der Waals surface area contributed by atoms with Gasteiger partial charge in [-0.2, -0.15) is 5.01 Å². The Balaban J connectivity index is 1.83. The van der Waals surface area contributed by atoms with Crippen molar-refractivity contribution in [2.24, 2.45) is 0 Å². The van der Waals surface area contributed by atoms with Crippen molar-refractivity contribution in [3.05, 3.63) is 93.7 Å². The predicted molar refractivity (Wildman–Crippen MR) is 148 cm³/mol. The maximum atomic E-state index is 13.7. The molecular weight excluding hydrogens is 751 g/mol. The van der Waals surface area contributed by atoms with Crippen LogP contribution in [0.15, 0.2) is 66.4 Å². The van der Waals surface area contributed by atoms with Gasteiger partial charge in [0.15, 0.2) is 5.78 Å². The zero-order chi connectivity index (χ0) is 26.3. The third kappa shape index (κ3) is 4.67. The molecule has 0 saturated heterocycles. The second-order valence-corrected chi connectivity index (χ2v) is 11.0. The van der Waals surface area contributed by atoms with Gasteiger partial charge < -0.3 is 4.74 Å². The number of hydrogen-bond donors (Lipinski definition) is 0. The molecule has 7 nitrogen and oxygen atoms in total. The van der Waals surface area contributed by atoms with Gasteiger partial charge in [-0.25, -0.2) is 5.01 Å². The molecule has 184 valence electrons. The number of hydrazine groups is 1. The van der Waals surface area contributed by atoms with Crippen LogP contribution < -0.4 is 4.74 Å². The first-order valence-electron chi connectivity index (χ1n) is 10.1. The molecule has 1 aliphatic heterocycles. The fraction of sp³-hybridized carbons (Fsp3) is 0.0833. The van der Waals surface area contributed by atoms with E-state index in [2.05, 4.69) is 63.7 Å². The Labute approximate surface area is 244 Å². The lowest BCUT2D eigenvalue weighted by Crippen LogP contribution is -2.51. The zero-order valence-corrected chi connectivity index (χ0v) is 25.3. The summed E-state index contributed by atoms with van der Waals surface area (Å²) in [6.45, 7) is -0.611. The average molecular weight is 764 g/mol. The number of Topliss-reactive ketones (excluding diaryl/α,β-unsaturated/α-hetero) is 1. The normalized spacial score (nSPS) is 12.6. The van der Waals surface area contributed by atoms with E-state index in [0.29, 0.717) is 28.6 Å². The quantitative estimate of drug-likeness (QED) is 0.118. The molecule has 3 aromatic rings. The predicted octanol–water partition coefficient (Wildman–Crippen LogP) is 6.93. The first-order chi connectivity index (χ1) is 17.1. The lowest BCUT2D eigenvalue weighted by molar-refractivity contribution is 0.00527. The summed E-state index contributed by atoms with van der Waals surface area (Å²) in [5, 5.41) is 1.59. The maximum absolute atomic E-state index is 13.7. The standard InChI is InChI=1S/C24H13Br4ClN2O5/c1-36-12-6-4-5-11(9-12)15(32)10-30(22(33)13-7-2-3-8-14(13)29)31-23(34)16-17(24(31)35)19(26)21(28)20(27)18(16)25/h2-9H,10H2,1H3. The Morgan fingerprint density at radius 1 is 0.889 bits per heavy atom. The molecule has 0 atom stereocenters. The van der Waals surface area contributed by atoms with Crippen molar-refractivity contribution in [2.45, 2.75) is 0 Å². The van der Waals surface area contributed by atoms with Crippen LogP contribution in [0, 0.1) is 0 Å². The summed E-state index contributed by atoms with van der Waals surface area (Å²) in [6.07, 6.45) is 0. The Hall–Kier alpha value is -2.05. The minimum Gasteiger partial charge on any atom is -0.497 e. The molecule has 0 aromatic heterocycles. The van der Waals surface area contributed by atoms with Crippen LogP contribution in [0.25, 0.3) is 0 Å². The van der Waals surface area contributed by atoms with Gasteiger partial charge in [-0.05, 0) is 88.0 Å². The third-order valence-corrected chi connectivity index (χ3v) is 10.4. The summed E-state index contributed by atoms with van der Waals surface area (Å²) >= 11 is 19.7. The van der Waals surface area contributed by atoms with Crippen LogP contribution >= 0.6 is 75.3 Å². The molecule has 3 amide bonds. The van der Waals surface area contributed by atoms with E-state index in [-0.39, 0.29) is 27.3 Å². The first kappa shape index (κ1) is 27.0. The largest absolute Gasteiger partial charge is 0.497 e. The minimum absolute atomic E-state index is 0.0228. The Bertz CT molecular complexity index is 1420. The van der Waals surface area contributed by atoms with Gasteiger partial charge in [-0.15, -0.1) is 0 Å². The maximum Gasteiger partial charge on any atom is 0.282 e. The lowest BCUT2D eigenvalue weighted by atomic mass is 10.1. The summed E-state index contributed by atoms with van der Waals surface area (Å²) in [6, 6.07) is 12.5. The molecule has 12 heteroatoms. The molecule has 0 radical (unpaired) electrons. The van der Waals surface area contributed by atoms with E-state index in [9.17, 15) is 19.2 Å². The highest BCUT2D eigenvalue weighted by molar-refractivity contribution is 9.15. The second-order valence-electron chi connectivity index (χ2n) is 7.43. The Kier molecular flexibility index (Phi) is 8.06. The molecule has 1 aliphatic rings. The van der Waals surface area contributed by atoms with Crippen molar-refractivity contribution in [1.82, 2.24) is 10.0 Å². The van der Waals surface area contributed by atoms with Crippen LogP contribution in [-0.4, -0.2) is 47.2 Å². The number of hydrogen-bond acceptors (Lipinski definition) is 5. The number of amides is 3. The molecule has 0 fully saturated rings. The van der Waals surface area contributed by atoms with Crippen molar-refractivity contribution in [1.29, 1.82) is 0 Å². The number of nitrogens with zero attached hydrogens (tertiary/aromatic N) is 2. The summed E-state index contributed by atoms with van der Waals surface area (Å²) in [5.41, 5.74) is 0.325. The van der Waals surface area contributed by atoms with Gasteiger partial charge in [0.1, 0.15) is 12.3 Å². The number of rotatable bonds is 6. The van der Waals surface area contributed by atoms with E-state index in [1.807, 2.05) is 0 Å². The van der Waals surface area contributed by atoms with E-state index in [4.69, 9.17) is 16.3 Å². The van der Waals surface area contributed by atoms with Gasteiger partial charge in [0.2, 0.25) is 0 Å². The summed E-state index contributed by atoms with van der Waals surface area (Å²) in [4.78, 5) is 54.1. The van der Waals surface area contributed by atoms with Gasteiger partial charge in [0.05, 0.1) is 28.8 Å². The molecule has 0 unspecified atom stereocenters. The SMILES string of the molecule is COc1cccc(C(=O)CN(C(=O)c2ccccc2Cl)N2C(=O)c3c(Br)c(Br)c(Br)c(Br)c3C2=O)c1. The van der Waals surface area contributed by atoms with Crippen LogP contribution in [0.1, 0.15) is 41.4 Å². The number of imide groups is 1. The summed E-state index contributed by atoms with van der Waals surface area (Å²) in [5.74, 6) is -2.44. The highest BCUT2D eigenvalue weighted by atomic mass is 79.9. The summed E-state index contributed by atoms with van der Waals surface area (Å²) < 4.78 is 6.80. The molecule has 4 rings (SSSR count). The molecule has 36 heavy (non-hydrogen) atoms. The number of benzene rings is 3. The molecule has 0 spiro atoms. The smallest absolute Gasteiger partial charge is 0.282 e. The summed E-state index contributed by atoms with van der Waals surface area (Å²) in [7, 11) is 1.46. The van der Waals surface area contributed by atoms with Crippen molar-refractivity contribution in [2.75, 3.05) is 13.7 Å². The first-order valence-corrected chi connectivity index (χ1v) is 13.6. The molecular formula is C24H13Br4ClN2O5. The zero-order valence-electron chi connectivity index (χ0n) is 18.2. The van der Waals surface area contributed by atoms with Crippen LogP contribution in [0.5, 0.6) is 5.75 Å². The van der Waals surface area contributed by atoms with Crippen molar-refractivity contribution in [3.63, 3.8) is 0 Å². The van der Waals surface area contributed by atoms with Gasteiger partial charge >= 0.3 is 0 Å².